The summed E-state index contributed by atoms with van der Waals surface area (Å²) in [6.07, 6.45) is 3.59. The van der Waals surface area contributed by atoms with Crippen LogP contribution in [0.5, 0.6) is 0 Å². The monoisotopic (exact) mass is 355 g/mol. The third-order valence-electron chi connectivity index (χ3n) is 4.76. The fraction of sp³-hybridized carbons (Fsp3) is 0.550. The number of carbonyl (C=O) groups excluding carboxylic acids is 1. The second-order valence-corrected chi connectivity index (χ2v) is 8.20. The van der Waals surface area contributed by atoms with E-state index in [-0.39, 0.29) is 17.5 Å². The molecule has 2 aromatic rings. The molecular formula is C20H29N5O. The van der Waals surface area contributed by atoms with Crippen molar-refractivity contribution < 1.29 is 4.79 Å². The molecule has 3 rings (SSSR count). The molecule has 0 aromatic carbocycles. The number of nitrogens with one attached hydrogen (secondary N) is 1. The lowest BCUT2D eigenvalue weighted by Gasteiger charge is -2.36. The summed E-state index contributed by atoms with van der Waals surface area (Å²) >= 11 is 0. The molecule has 1 aliphatic rings. The Bertz CT molecular complexity index is 760. The van der Waals surface area contributed by atoms with E-state index in [1.807, 2.05) is 34.0 Å². The summed E-state index contributed by atoms with van der Waals surface area (Å²) < 4.78 is 1.99. The lowest BCUT2D eigenvalue weighted by Crippen LogP contribution is -2.48. The van der Waals surface area contributed by atoms with E-state index in [1.54, 1.807) is 6.20 Å². The first-order valence-corrected chi connectivity index (χ1v) is 9.31. The van der Waals surface area contributed by atoms with Crippen LogP contribution in [-0.2, 0) is 5.54 Å². The largest absolute Gasteiger partial charge is 0.328 e. The van der Waals surface area contributed by atoms with Crippen molar-refractivity contribution in [1.82, 2.24) is 25.0 Å². The maximum Gasteiger partial charge on any atom is 0.274 e. The number of aromatic nitrogens is 3. The van der Waals surface area contributed by atoms with Gasteiger partial charge in [0, 0.05) is 37.7 Å². The molecule has 6 nitrogen and oxygen atoms in total. The van der Waals surface area contributed by atoms with Gasteiger partial charge in [0.05, 0.1) is 11.6 Å². The molecule has 3 heterocycles. The average Bonchev–Trinajstić information content (AvgIpc) is 3.08. The number of hydrogen-bond acceptors (Lipinski definition) is 4. The van der Waals surface area contributed by atoms with Crippen LogP contribution in [0.4, 0.5) is 0 Å². The second-order valence-electron chi connectivity index (χ2n) is 8.20. The maximum absolute atomic E-state index is 13.3. The molecular weight excluding hydrogens is 326 g/mol. The molecule has 0 aliphatic carbocycles. The van der Waals surface area contributed by atoms with Crippen molar-refractivity contribution in [2.24, 2.45) is 0 Å². The molecule has 1 N–H and O–H groups in total. The SMILES string of the molecule is CC(C)c1cc(C(=O)N2CCNCC2c2cccnc2)nn1C(C)(C)C. The highest BCUT2D eigenvalue weighted by atomic mass is 16.2. The molecule has 1 atom stereocenters. The topological polar surface area (TPSA) is 63.1 Å². The molecule has 140 valence electrons. The molecule has 1 unspecified atom stereocenters. The van der Waals surface area contributed by atoms with Crippen molar-refractivity contribution in [3.8, 4) is 0 Å². The van der Waals surface area contributed by atoms with Crippen molar-refractivity contribution in [3.63, 3.8) is 0 Å². The van der Waals surface area contributed by atoms with Crippen molar-refractivity contribution in [3.05, 3.63) is 47.5 Å². The van der Waals surface area contributed by atoms with E-state index in [0.29, 0.717) is 18.2 Å². The lowest BCUT2D eigenvalue weighted by molar-refractivity contribution is 0.0626. The van der Waals surface area contributed by atoms with Crippen LogP contribution in [0.15, 0.2) is 30.6 Å². The van der Waals surface area contributed by atoms with Crippen molar-refractivity contribution in [2.75, 3.05) is 19.6 Å². The van der Waals surface area contributed by atoms with E-state index in [4.69, 9.17) is 5.10 Å². The first-order chi connectivity index (χ1) is 12.3. The van der Waals surface area contributed by atoms with E-state index in [1.165, 1.54) is 0 Å². The number of pyridine rings is 1. The van der Waals surface area contributed by atoms with Crippen LogP contribution in [0, 0.1) is 0 Å². The summed E-state index contributed by atoms with van der Waals surface area (Å²) in [6.45, 7) is 12.8. The number of piperazine rings is 1. The second kappa shape index (κ2) is 7.19. The van der Waals surface area contributed by atoms with Crippen LogP contribution in [-0.4, -0.2) is 45.2 Å². The van der Waals surface area contributed by atoms with Crippen molar-refractivity contribution in [1.29, 1.82) is 0 Å². The molecule has 1 fully saturated rings. The summed E-state index contributed by atoms with van der Waals surface area (Å²) in [5.74, 6) is 0.297. The number of carbonyl (C=O) groups is 1. The van der Waals surface area contributed by atoms with E-state index in [9.17, 15) is 4.79 Å². The molecule has 0 spiro atoms. The van der Waals surface area contributed by atoms with Crippen LogP contribution in [0.2, 0.25) is 0 Å². The predicted octanol–water partition coefficient (Wildman–Crippen LogP) is 2.94. The summed E-state index contributed by atoms with van der Waals surface area (Å²) in [6, 6.07) is 5.88. The molecule has 1 aliphatic heterocycles. The first-order valence-electron chi connectivity index (χ1n) is 9.31. The Morgan fingerprint density at radius 1 is 1.35 bits per heavy atom. The van der Waals surface area contributed by atoms with E-state index < -0.39 is 0 Å². The highest BCUT2D eigenvalue weighted by Gasteiger charge is 2.32. The van der Waals surface area contributed by atoms with Gasteiger partial charge in [0.2, 0.25) is 0 Å². The zero-order valence-corrected chi connectivity index (χ0v) is 16.4. The minimum atomic E-state index is -0.162. The molecule has 0 saturated carbocycles. The van der Waals surface area contributed by atoms with E-state index >= 15 is 0 Å². The Morgan fingerprint density at radius 2 is 2.12 bits per heavy atom. The molecule has 0 radical (unpaired) electrons. The van der Waals surface area contributed by atoms with Crippen LogP contribution in [0.1, 0.15) is 68.3 Å². The smallest absolute Gasteiger partial charge is 0.274 e. The number of amides is 1. The predicted molar refractivity (Wildman–Crippen MR) is 102 cm³/mol. The zero-order valence-electron chi connectivity index (χ0n) is 16.4. The minimum Gasteiger partial charge on any atom is -0.328 e. The van der Waals surface area contributed by atoms with Gasteiger partial charge in [0.25, 0.3) is 5.91 Å². The number of hydrogen-bond donors (Lipinski definition) is 1. The molecule has 2 aromatic heterocycles. The van der Waals surface area contributed by atoms with Crippen LogP contribution < -0.4 is 5.32 Å². The van der Waals surface area contributed by atoms with Crippen LogP contribution >= 0.6 is 0 Å². The van der Waals surface area contributed by atoms with Gasteiger partial charge < -0.3 is 10.2 Å². The molecule has 6 heteroatoms. The molecule has 0 bridgehead atoms. The Hall–Kier alpha value is -2.21. The standard InChI is InChI=1S/C20H29N5O/c1-14(2)17-11-16(23-25(17)20(3,4)5)19(26)24-10-9-22-13-18(24)15-7-6-8-21-12-15/h6-8,11-12,14,18,22H,9-10,13H2,1-5H3. The third-order valence-corrected chi connectivity index (χ3v) is 4.76. The number of nitrogens with zero attached hydrogens (tertiary/aromatic N) is 4. The minimum absolute atomic E-state index is 0.00902. The van der Waals surface area contributed by atoms with Gasteiger partial charge >= 0.3 is 0 Å². The lowest BCUT2D eigenvalue weighted by atomic mass is 10.0. The summed E-state index contributed by atoms with van der Waals surface area (Å²) in [5, 5.41) is 8.08. The normalized spacial score (nSPS) is 18.4. The van der Waals surface area contributed by atoms with E-state index in [2.05, 4.69) is 44.9 Å². The van der Waals surface area contributed by atoms with Gasteiger partial charge in [-0.05, 0) is 44.4 Å². The van der Waals surface area contributed by atoms with Crippen molar-refractivity contribution >= 4 is 5.91 Å². The Balaban J connectivity index is 1.95. The van der Waals surface area contributed by atoms with Gasteiger partial charge in [-0.15, -0.1) is 0 Å². The van der Waals surface area contributed by atoms with Gasteiger partial charge in [-0.25, -0.2) is 0 Å². The average molecular weight is 355 g/mol. The molecule has 1 saturated heterocycles. The summed E-state index contributed by atoms with van der Waals surface area (Å²) in [4.78, 5) is 19.4. The third kappa shape index (κ3) is 3.65. The van der Waals surface area contributed by atoms with Crippen LogP contribution in [0.3, 0.4) is 0 Å². The Labute approximate surface area is 155 Å². The van der Waals surface area contributed by atoms with Gasteiger partial charge in [0.1, 0.15) is 0 Å². The first kappa shape index (κ1) is 18.6. The Kier molecular flexibility index (Phi) is 5.14. The summed E-state index contributed by atoms with van der Waals surface area (Å²) in [5.41, 5.74) is 2.50. The Morgan fingerprint density at radius 3 is 2.69 bits per heavy atom. The number of rotatable bonds is 3. The fourth-order valence-corrected chi connectivity index (χ4v) is 3.41. The van der Waals surface area contributed by atoms with Gasteiger partial charge in [-0.1, -0.05) is 19.9 Å². The fourth-order valence-electron chi connectivity index (χ4n) is 3.41. The van der Waals surface area contributed by atoms with Crippen LogP contribution in [0.25, 0.3) is 0 Å². The molecule has 1 amide bonds. The highest BCUT2D eigenvalue weighted by Crippen LogP contribution is 2.27. The summed E-state index contributed by atoms with van der Waals surface area (Å²) in [7, 11) is 0. The van der Waals surface area contributed by atoms with Gasteiger partial charge in [0.15, 0.2) is 5.69 Å². The maximum atomic E-state index is 13.3. The molecule has 26 heavy (non-hydrogen) atoms. The van der Waals surface area contributed by atoms with Gasteiger partial charge in [-0.3, -0.25) is 14.5 Å². The van der Waals surface area contributed by atoms with Crippen molar-refractivity contribution in [2.45, 2.75) is 52.1 Å². The van der Waals surface area contributed by atoms with E-state index in [0.717, 1.165) is 24.3 Å². The highest BCUT2D eigenvalue weighted by molar-refractivity contribution is 5.93. The van der Waals surface area contributed by atoms with Gasteiger partial charge in [-0.2, -0.15) is 5.10 Å². The zero-order chi connectivity index (χ0) is 18.9. The quantitative estimate of drug-likeness (QED) is 0.919.